The number of unbranched alkanes of at least 4 members (excludes halogenated alkanes) is 2. The molecule has 0 radical (unpaired) electrons. The van der Waals surface area contributed by atoms with Crippen molar-refractivity contribution in [2.45, 2.75) is 84.3 Å². The first-order chi connectivity index (χ1) is 13.9. The first kappa shape index (κ1) is 29.5. The van der Waals surface area contributed by atoms with Gasteiger partial charge in [-0.2, -0.15) is 0 Å². The van der Waals surface area contributed by atoms with Crippen LogP contribution in [-0.4, -0.2) is 46.7 Å². The van der Waals surface area contributed by atoms with Crippen molar-refractivity contribution >= 4 is 5.97 Å². The lowest BCUT2D eigenvalue weighted by molar-refractivity contribution is -0.137. The van der Waals surface area contributed by atoms with E-state index in [1.807, 2.05) is 0 Å². The van der Waals surface area contributed by atoms with Crippen LogP contribution < -0.4 is 0 Å². The number of carboxylic acid groups (broad SMARTS) is 1. The number of carbonyl (C=O) groups is 1. The molecule has 0 aromatic rings. The Morgan fingerprint density at radius 2 is 1.41 bits per heavy atom. The summed E-state index contributed by atoms with van der Waals surface area (Å²) in [6, 6.07) is 0. The minimum atomic E-state index is -0.699. The highest BCUT2D eigenvalue weighted by Gasteiger charge is 2.00. The van der Waals surface area contributed by atoms with E-state index in [2.05, 4.69) is 55.5 Å². The molecule has 0 rings (SSSR count). The van der Waals surface area contributed by atoms with Crippen molar-refractivity contribution < 1.29 is 24.9 Å². The number of hydrogen-bond acceptors (Lipinski definition) is 4. The smallest absolute Gasteiger partial charge is 0.303 e. The van der Waals surface area contributed by atoms with Gasteiger partial charge < -0.3 is 20.1 Å². The molecule has 0 saturated heterocycles. The van der Waals surface area contributed by atoms with Gasteiger partial charge in [-0.25, -0.2) is 0 Å². The van der Waals surface area contributed by atoms with E-state index >= 15 is 0 Å². The average Bonchev–Trinajstić information content (AvgIpc) is 2.69. The van der Waals surface area contributed by atoms with Crippen molar-refractivity contribution in [1.29, 1.82) is 0 Å². The van der Waals surface area contributed by atoms with E-state index in [1.54, 1.807) is 13.8 Å². The standard InChI is InChI=1S/C18H28O2.C6H14O3/c1-2-3-4-5-6-7-8-9-10-11-12-13-14-15-16-17-18(19)20;1-5(8)4-9-6(2)3-7/h3-4,6-7,9-10,12-13H,2,5,8,11,14-17H2,1H3,(H,19,20);5-8H,3-4H2,1-2H3/b4-3-,7-6-,10-9-,13-12-;. The van der Waals surface area contributed by atoms with Gasteiger partial charge in [0.25, 0.3) is 0 Å². The second-order valence-corrected chi connectivity index (χ2v) is 6.82. The van der Waals surface area contributed by atoms with E-state index in [1.165, 1.54) is 0 Å². The third kappa shape index (κ3) is 31.2. The molecule has 0 aliphatic rings. The third-order valence-electron chi connectivity index (χ3n) is 3.61. The number of allylic oxidation sites excluding steroid dienone is 8. The van der Waals surface area contributed by atoms with E-state index in [4.69, 9.17) is 20.1 Å². The molecule has 29 heavy (non-hydrogen) atoms. The minimum absolute atomic E-state index is 0.00667. The zero-order valence-corrected chi connectivity index (χ0v) is 18.5. The van der Waals surface area contributed by atoms with Crippen LogP contribution in [0.3, 0.4) is 0 Å². The second-order valence-electron chi connectivity index (χ2n) is 6.82. The molecule has 0 aromatic heterocycles. The van der Waals surface area contributed by atoms with Gasteiger partial charge in [0.2, 0.25) is 0 Å². The molecule has 0 amide bonds. The molecule has 0 heterocycles. The summed E-state index contributed by atoms with van der Waals surface area (Å²) in [5.41, 5.74) is 0. The van der Waals surface area contributed by atoms with Gasteiger partial charge in [-0.1, -0.05) is 55.5 Å². The molecule has 3 N–H and O–H groups in total. The highest BCUT2D eigenvalue weighted by atomic mass is 16.5. The molecule has 0 aliphatic carbocycles. The van der Waals surface area contributed by atoms with Crippen molar-refractivity contribution in [3.8, 4) is 0 Å². The monoisotopic (exact) mass is 410 g/mol. The summed E-state index contributed by atoms with van der Waals surface area (Å²) in [4.78, 5) is 10.3. The molecule has 168 valence electrons. The van der Waals surface area contributed by atoms with E-state index < -0.39 is 12.1 Å². The van der Waals surface area contributed by atoms with Gasteiger partial charge in [0.15, 0.2) is 0 Å². The van der Waals surface area contributed by atoms with Crippen molar-refractivity contribution in [2.75, 3.05) is 13.2 Å². The molecule has 0 fully saturated rings. The van der Waals surface area contributed by atoms with Crippen LogP contribution in [0.1, 0.15) is 72.1 Å². The maximum absolute atomic E-state index is 10.3. The Morgan fingerprint density at radius 1 is 0.897 bits per heavy atom. The van der Waals surface area contributed by atoms with Crippen molar-refractivity contribution in [2.24, 2.45) is 0 Å². The molecule has 0 aromatic carbocycles. The molecule has 0 saturated carbocycles. The maximum Gasteiger partial charge on any atom is 0.303 e. The van der Waals surface area contributed by atoms with Crippen molar-refractivity contribution in [3.63, 3.8) is 0 Å². The van der Waals surface area contributed by atoms with Gasteiger partial charge in [0, 0.05) is 6.42 Å². The second kappa shape index (κ2) is 24.3. The fourth-order valence-corrected chi connectivity index (χ4v) is 1.99. The number of aliphatic hydroxyl groups is 2. The van der Waals surface area contributed by atoms with E-state index in [0.717, 1.165) is 44.9 Å². The first-order valence-corrected chi connectivity index (χ1v) is 10.7. The fourth-order valence-electron chi connectivity index (χ4n) is 1.99. The Hall–Kier alpha value is -1.69. The molecule has 5 nitrogen and oxygen atoms in total. The first-order valence-electron chi connectivity index (χ1n) is 10.7. The number of carboxylic acids is 1. The Morgan fingerprint density at radius 3 is 1.86 bits per heavy atom. The summed E-state index contributed by atoms with van der Waals surface area (Å²) in [7, 11) is 0. The minimum Gasteiger partial charge on any atom is -0.481 e. The topological polar surface area (TPSA) is 87.0 Å². The molecule has 0 aliphatic heterocycles. The maximum atomic E-state index is 10.3. The molecule has 0 spiro atoms. The van der Waals surface area contributed by atoms with Gasteiger partial charge in [-0.3, -0.25) is 4.79 Å². The van der Waals surface area contributed by atoms with Gasteiger partial charge in [0.1, 0.15) is 0 Å². The van der Waals surface area contributed by atoms with Crippen LogP contribution in [0.25, 0.3) is 0 Å². The lowest BCUT2D eigenvalue weighted by atomic mass is 10.2. The summed E-state index contributed by atoms with van der Waals surface area (Å²) in [5, 5.41) is 25.6. The predicted molar refractivity (Wildman–Crippen MR) is 121 cm³/mol. The van der Waals surface area contributed by atoms with E-state index in [-0.39, 0.29) is 19.1 Å². The van der Waals surface area contributed by atoms with Crippen LogP contribution in [0.5, 0.6) is 0 Å². The van der Waals surface area contributed by atoms with Crippen molar-refractivity contribution in [1.82, 2.24) is 0 Å². The predicted octanol–water partition coefficient (Wildman–Crippen LogP) is 5.20. The van der Waals surface area contributed by atoms with Crippen LogP contribution in [-0.2, 0) is 9.53 Å². The zero-order valence-electron chi connectivity index (χ0n) is 18.5. The largest absolute Gasteiger partial charge is 0.481 e. The number of aliphatic carboxylic acids is 1. The Kier molecular flexibility index (Phi) is 24.8. The molecule has 0 bridgehead atoms. The van der Waals surface area contributed by atoms with Gasteiger partial charge in [-0.15, -0.1) is 0 Å². The third-order valence-corrected chi connectivity index (χ3v) is 3.61. The van der Waals surface area contributed by atoms with Gasteiger partial charge in [0.05, 0.1) is 25.4 Å². The van der Waals surface area contributed by atoms with Crippen LogP contribution in [0.4, 0.5) is 0 Å². The fraction of sp³-hybridized carbons (Fsp3) is 0.625. The number of rotatable bonds is 16. The summed E-state index contributed by atoms with van der Waals surface area (Å²) in [5.74, 6) is -0.699. The van der Waals surface area contributed by atoms with E-state index in [0.29, 0.717) is 6.61 Å². The lowest BCUT2D eigenvalue weighted by Gasteiger charge is -2.10. The molecule has 5 heteroatoms. The number of hydrogen-bond donors (Lipinski definition) is 3. The van der Waals surface area contributed by atoms with E-state index in [9.17, 15) is 4.79 Å². The zero-order chi connectivity index (χ0) is 22.2. The highest BCUT2D eigenvalue weighted by molar-refractivity contribution is 5.66. The average molecular weight is 411 g/mol. The highest BCUT2D eigenvalue weighted by Crippen LogP contribution is 2.01. The summed E-state index contributed by atoms with van der Waals surface area (Å²) < 4.78 is 4.95. The molecule has 2 unspecified atom stereocenters. The SMILES string of the molecule is CC(O)COC(C)CO.CC/C=C\C/C=C\C/C=C\C/C=C\CCCCC(=O)O. The Labute approximate surface area is 177 Å². The molecule has 2 atom stereocenters. The normalized spacial score (nSPS) is 14.0. The van der Waals surface area contributed by atoms with Crippen LogP contribution in [0.2, 0.25) is 0 Å². The molecular weight excluding hydrogens is 368 g/mol. The van der Waals surface area contributed by atoms with Gasteiger partial charge in [-0.05, 0) is 58.8 Å². The van der Waals surface area contributed by atoms with Crippen LogP contribution in [0.15, 0.2) is 48.6 Å². The lowest BCUT2D eigenvalue weighted by Crippen LogP contribution is -2.19. The summed E-state index contributed by atoms with van der Waals surface area (Å²) in [6.45, 7) is 5.84. The summed E-state index contributed by atoms with van der Waals surface area (Å²) in [6.07, 6.45) is 23.8. The quantitative estimate of drug-likeness (QED) is 0.240. The van der Waals surface area contributed by atoms with Gasteiger partial charge >= 0.3 is 5.97 Å². The van der Waals surface area contributed by atoms with Crippen LogP contribution in [0, 0.1) is 0 Å². The Balaban J connectivity index is 0. The molecular formula is C24H42O5. The van der Waals surface area contributed by atoms with Crippen LogP contribution >= 0.6 is 0 Å². The number of aliphatic hydroxyl groups excluding tert-OH is 2. The summed E-state index contributed by atoms with van der Waals surface area (Å²) >= 11 is 0. The number of ether oxygens (including phenoxy) is 1. The Bertz CT molecular complexity index is 464. The van der Waals surface area contributed by atoms with Crippen molar-refractivity contribution in [3.05, 3.63) is 48.6 Å².